The van der Waals surface area contributed by atoms with Crippen LogP contribution < -0.4 is 10.2 Å². The molecule has 28 heavy (non-hydrogen) atoms. The summed E-state index contributed by atoms with van der Waals surface area (Å²) in [5.74, 6) is 0.411. The molecule has 0 atom stereocenters. The van der Waals surface area contributed by atoms with Gasteiger partial charge in [-0.25, -0.2) is 4.98 Å². The second-order valence-corrected chi connectivity index (χ2v) is 8.07. The Kier molecular flexibility index (Phi) is 7.12. The van der Waals surface area contributed by atoms with Crippen molar-refractivity contribution in [2.75, 3.05) is 29.9 Å². The van der Waals surface area contributed by atoms with Crippen molar-refractivity contribution in [1.82, 2.24) is 4.98 Å². The van der Waals surface area contributed by atoms with Crippen molar-refractivity contribution < 1.29 is 14.3 Å². The molecule has 1 amide bonds. The van der Waals surface area contributed by atoms with Gasteiger partial charge in [0, 0.05) is 28.5 Å². The summed E-state index contributed by atoms with van der Waals surface area (Å²) in [6.45, 7) is 3.71. The molecule has 0 saturated carbocycles. The molecule has 1 aliphatic rings. The van der Waals surface area contributed by atoms with Gasteiger partial charge >= 0.3 is 5.97 Å². The molecule has 1 aromatic heterocycles. The maximum atomic E-state index is 12.4. The van der Waals surface area contributed by atoms with Crippen LogP contribution in [0.5, 0.6) is 0 Å². The van der Waals surface area contributed by atoms with Crippen molar-refractivity contribution >= 4 is 57.6 Å². The number of esters is 1. The normalized spacial score (nSPS) is 14.6. The first-order chi connectivity index (χ1) is 13.5. The molecule has 1 aromatic carbocycles. The number of hydrogen-bond donors (Lipinski definition) is 1. The molecule has 1 fully saturated rings. The molecule has 0 aliphatic carbocycles. The second-order valence-electron chi connectivity index (χ2n) is 6.50. The van der Waals surface area contributed by atoms with Crippen molar-refractivity contribution in [3.63, 3.8) is 0 Å². The molecule has 3 rings (SSSR count). The van der Waals surface area contributed by atoms with Gasteiger partial charge in [-0.1, -0.05) is 11.6 Å². The number of amides is 1. The van der Waals surface area contributed by atoms with Gasteiger partial charge < -0.3 is 15.0 Å². The van der Waals surface area contributed by atoms with Crippen LogP contribution in [-0.4, -0.2) is 36.6 Å². The van der Waals surface area contributed by atoms with E-state index in [0.717, 1.165) is 35.3 Å². The third-order valence-corrected chi connectivity index (χ3v) is 6.20. The third kappa shape index (κ3) is 5.14. The summed E-state index contributed by atoms with van der Waals surface area (Å²) in [6.07, 6.45) is 3.06. The van der Waals surface area contributed by atoms with Gasteiger partial charge in [0.05, 0.1) is 23.1 Å². The third-order valence-electron chi connectivity index (χ3n) is 4.63. The lowest BCUT2D eigenvalue weighted by Crippen LogP contribution is -2.37. The van der Waals surface area contributed by atoms with E-state index in [4.69, 9.17) is 16.3 Å². The number of halogens is 2. The maximum absolute atomic E-state index is 12.4. The lowest BCUT2D eigenvalue weighted by atomic mass is 9.97. The first kappa shape index (κ1) is 20.9. The molecule has 0 spiro atoms. The Morgan fingerprint density at radius 3 is 2.64 bits per heavy atom. The second kappa shape index (κ2) is 9.56. The zero-order chi connectivity index (χ0) is 20.1. The summed E-state index contributed by atoms with van der Waals surface area (Å²) in [5, 5.41) is 3.42. The van der Waals surface area contributed by atoms with Crippen LogP contribution >= 0.6 is 34.2 Å². The number of anilines is 2. The number of benzene rings is 1. The van der Waals surface area contributed by atoms with Crippen molar-refractivity contribution in [2.45, 2.75) is 19.8 Å². The van der Waals surface area contributed by atoms with E-state index >= 15 is 0 Å². The number of carbonyl (C=O) groups excluding carboxylic acids is 2. The van der Waals surface area contributed by atoms with Crippen molar-refractivity contribution in [3.05, 3.63) is 50.7 Å². The largest absolute Gasteiger partial charge is 0.466 e. The minimum atomic E-state index is -0.239. The quantitative estimate of drug-likeness (QED) is 0.475. The minimum Gasteiger partial charge on any atom is -0.466 e. The highest BCUT2D eigenvalue weighted by atomic mass is 127. The van der Waals surface area contributed by atoms with E-state index in [1.165, 1.54) is 0 Å². The summed E-state index contributed by atoms with van der Waals surface area (Å²) in [7, 11) is 0. The van der Waals surface area contributed by atoms with Gasteiger partial charge in [0.2, 0.25) is 0 Å². The minimum absolute atomic E-state index is 0.0398. The molecular formula is C20H21ClIN3O3. The van der Waals surface area contributed by atoms with E-state index in [1.807, 2.05) is 19.1 Å². The van der Waals surface area contributed by atoms with Crippen LogP contribution in [0.4, 0.5) is 11.5 Å². The van der Waals surface area contributed by atoms with Crippen molar-refractivity contribution in [1.29, 1.82) is 0 Å². The highest BCUT2D eigenvalue weighted by molar-refractivity contribution is 14.1. The molecule has 0 radical (unpaired) electrons. The fraction of sp³-hybridized carbons (Fsp3) is 0.350. The molecule has 148 valence electrons. The SMILES string of the molecule is CCOC(=O)C1CCN(c2ccc(C(=O)Nc3ccc(I)c(Cl)c3)cn2)CC1. The molecule has 2 aromatic rings. The zero-order valence-corrected chi connectivity index (χ0v) is 18.4. The Bertz CT molecular complexity index is 852. The fourth-order valence-corrected chi connectivity index (χ4v) is 3.61. The molecule has 0 unspecified atom stereocenters. The number of carbonyl (C=O) groups is 2. The van der Waals surface area contributed by atoms with Gasteiger partial charge in [-0.2, -0.15) is 0 Å². The molecule has 1 N–H and O–H groups in total. The highest BCUT2D eigenvalue weighted by Gasteiger charge is 2.26. The molecule has 6 nitrogen and oxygen atoms in total. The first-order valence-corrected chi connectivity index (χ1v) is 10.6. The number of nitrogens with zero attached hydrogens (tertiary/aromatic N) is 2. The van der Waals surface area contributed by atoms with Crippen LogP contribution in [0, 0.1) is 9.49 Å². The van der Waals surface area contributed by atoms with E-state index < -0.39 is 0 Å². The molecule has 2 heterocycles. The van der Waals surface area contributed by atoms with Crippen LogP contribution in [-0.2, 0) is 9.53 Å². The van der Waals surface area contributed by atoms with Crippen LogP contribution in [0.15, 0.2) is 36.5 Å². The van der Waals surface area contributed by atoms with Gasteiger partial charge in [0.25, 0.3) is 5.91 Å². The first-order valence-electron chi connectivity index (χ1n) is 9.12. The smallest absolute Gasteiger partial charge is 0.309 e. The Hall–Kier alpha value is -1.87. The van der Waals surface area contributed by atoms with E-state index in [9.17, 15) is 9.59 Å². The number of pyridine rings is 1. The number of nitrogens with one attached hydrogen (secondary N) is 1. The van der Waals surface area contributed by atoms with Crippen LogP contribution in [0.3, 0.4) is 0 Å². The summed E-state index contributed by atoms with van der Waals surface area (Å²) in [4.78, 5) is 30.8. The average molecular weight is 514 g/mol. The van der Waals surface area contributed by atoms with E-state index in [2.05, 4.69) is 37.8 Å². The zero-order valence-electron chi connectivity index (χ0n) is 15.5. The Balaban J connectivity index is 1.58. The Labute approximate surface area is 182 Å². The Morgan fingerprint density at radius 2 is 2.04 bits per heavy atom. The molecular weight excluding hydrogens is 493 g/mol. The number of ether oxygens (including phenoxy) is 1. The number of piperidine rings is 1. The summed E-state index contributed by atoms with van der Waals surface area (Å²) < 4.78 is 6.03. The van der Waals surface area contributed by atoms with E-state index in [-0.39, 0.29) is 17.8 Å². The lowest BCUT2D eigenvalue weighted by Gasteiger charge is -2.31. The monoisotopic (exact) mass is 513 g/mol. The van der Waals surface area contributed by atoms with E-state index in [1.54, 1.807) is 24.4 Å². The van der Waals surface area contributed by atoms with E-state index in [0.29, 0.717) is 22.9 Å². The van der Waals surface area contributed by atoms with Crippen LogP contribution in [0.1, 0.15) is 30.1 Å². The summed E-state index contributed by atoms with van der Waals surface area (Å²) >= 11 is 8.23. The van der Waals surface area contributed by atoms with Gasteiger partial charge in [0.15, 0.2) is 0 Å². The summed E-state index contributed by atoms with van der Waals surface area (Å²) in [5.41, 5.74) is 1.11. The fourth-order valence-electron chi connectivity index (χ4n) is 3.09. The van der Waals surface area contributed by atoms with Crippen molar-refractivity contribution in [3.8, 4) is 0 Å². The standard InChI is InChI=1S/C20H21ClIN3O3/c1-2-28-20(27)13-7-9-25(10-8-13)18-6-3-14(12-23-18)19(26)24-15-4-5-17(22)16(21)11-15/h3-6,11-13H,2,7-10H2,1H3,(H,24,26). The molecule has 1 aliphatic heterocycles. The topological polar surface area (TPSA) is 71.5 Å². The molecule has 8 heteroatoms. The van der Waals surface area contributed by atoms with Crippen LogP contribution in [0.25, 0.3) is 0 Å². The van der Waals surface area contributed by atoms with Gasteiger partial charge in [-0.05, 0) is 72.7 Å². The predicted molar refractivity (Wildman–Crippen MR) is 118 cm³/mol. The summed E-state index contributed by atoms with van der Waals surface area (Å²) in [6, 6.07) is 8.96. The number of hydrogen-bond acceptors (Lipinski definition) is 5. The molecule has 1 saturated heterocycles. The van der Waals surface area contributed by atoms with Gasteiger partial charge in [-0.3, -0.25) is 9.59 Å². The number of aromatic nitrogens is 1. The average Bonchev–Trinajstić information content (AvgIpc) is 2.71. The van der Waals surface area contributed by atoms with Gasteiger partial charge in [0.1, 0.15) is 5.82 Å². The molecule has 0 bridgehead atoms. The van der Waals surface area contributed by atoms with Crippen LogP contribution in [0.2, 0.25) is 5.02 Å². The van der Waals surface area contributed by atoms with Gasteiger partial charge in [-0.15, -0.1) is 0 Å². The number of rotatable bonds is 5. The maximum Gasteiger partial charge on any atom is 0.309 e. The van der Waals surface area contributed by atoms with Crippen molar-refractivity contribution in [2.24, 2.45) is 5.92 Å². The lowest BCUT2D eigenvalue weighted by molar-refractivity contribution is -0.148. The highest BCUT2D eigenvalue weighted by Crippen LogP contribution is 2.24. The Morgan fingerprint density at radius 1 is 1.29 bits per heavy atom. The predicted octanol–water partition coefficient (Wildman–Crippen LogP) is 4.37.